The summed E-state index contributed by atoms with van der Waals surface area (Å²) in [5.41, 5.74) is 0. The first-order chi connectivity index (χ1) is 8.15. The van der Waals surface area contributed by atoms with Crippen molar-refractivity contribution in [1.82, 2.24) is 0 Å². The van der Waals surface area contributed by atoms with Gasteiger partial charge in [-0.3, -0.25) is 0 Å². The zero-order valence-corrected chi connectivity index (χ0v) is 10.0. The molecule has 1 aliphatic rings. The van der Waals surface area contributed by atoms with E-state index in [1.165, 1.54) is 6.07 Å². The van der Waals surface area contributed by atoms with Crippen molar-refractivity contribution in [3.8, 4) is 5.75 Å². The van der Waals surface area contributed by atoms with Gasteiger partial charge in [-0.2, -0.15) is 0 Å². The zero-order chi connectivity index (χ0) is 12.4. The average Bonchev–Trinajstić information content (AvgIpc) is 2.74. The van der Waals surface area contributed by atoms with Crippen molar-refractivity contribution < 1.29 is 19.1 Å². The lowest BCUT2D eigenvalue weighted by molar-refractivity contribution is 0.0663. The normalized spacial score (nSPS) is 18.4. The molecule has 2 N–H and O–H groups in total. The summed E-state index contributed by atoms with van der Waals surface area (Å²) in [5.74, 6) is 0.227. The molecule has 1 aromatic heterocycles. The Kier molecular flexibility index (Phi) is 3.26. The van der Waals surface area contributed by atoms with E-state index in [9.17, 15) is 4.79 Å². The van der Waals surface area contributed by atoms with Gasteiger partial charge in [-0.15, -0.1) is 0 Å². The van der Waals surface area contributed by atoms with Crippen LogP contribution in [0.1, 0.15) is 37.2 Å². The van der Waals surface area contributed by atoms with Gasteiger partial charge in [-0.25, -0.2) is 4.79 Å². The van der Waals surface area contributed by atoms with Crippen LogP contribution in [-0.4, -0.2) is 23.7 Å². The van der Waals surface area contributed by atoms with Gasteiger partial charge in [-0.1, -0.05) is 13.8 Å². The molecule has 0 aromatic carbocycles. The van der Waals surface area contributed by atoms with Crippen molar-refractivity contribution in [2.45, 2.75) is 32.8 Å². The molecule has 0 saturated carbocycles. The molecular weight excluding hydrogens is 222 g/mol. The molecule has 1 aromatic rings. The van der Waals surface area contributed by atoms with E-state index in [-0.39, 0.29) is 11.9 Å². The van der Waals surface area contributed by atoms with Gasteiger partial charge >= 0.3 is 5.97 Å². The van der Waals surface area contributed by atoms with Gasteiger partial charge in [-0.05, 0) is 18.8 Å². The Labute approximate surface area is 99.8 Å². The third-order valence-electron chi connectivity index (χ3n) is 3.23. The highest BCUT2D eigenvalue weighted by Gasteiger charge is 2.29. The molecule has 94 valence electrons. The van der Waals surface area contributed by atoms with Crippen LogP contribution in [-0.2, 0) is 0 Å². The minimum atomic E-state index is -1.08. The number of anilines is 1. The Bertz CT molecular complexity index is 409. The van der Waals surface area contributed by atoms with Gasteiger partial charge in [0.2, 0.25) is 11.6 Å². The first-order valence-corrected chi connectivity index (χ1v) is 5.93. The monoisotopic (exact) mass is 239 g/mol. The van der Waals surface area contributed by atoms with E-state index in [1.807, 2.05) is 0 Å². The van der Waals surface area contributed by atoms with Crippen molar-refractivity contribution in [3.63, 3.8) is 0 Å². The Morgan fingerprint density at radius 2 is 2.29 bits per heavy atom. The highest BCUT2D eigenvalue weighted by atomic mass is 16.5. The highest BCUT2D eigenvalue weighted by Crippen LogP contribution is 2.35. The number of aromatic carboxylic acids is 1. The topological polar surface area (TPSA) is 71.7 Å². The molecule has 5 nitrogen and oxygen atoms in total. The number of carboxylic acids is 1. The van der Waals surface area contributed by atoms with Crippen molar-refractivity contribution >= 4 is 11.9 Å². The smallest absolute Gasteiger partial charge is 0.372 e. The lowest BCUT2D eigenvalue weighted by Gasteiger charge is -2.29. The van der Waals surface area contributed by atoms with Gasteiger partial charge in [0.1, 0.15) is 6.10 Å². The summed E-state index contributed by atoms with van der Waals surface area (Å²) in [7, 11) is 0. The second kappa shape index (κ2) is 4.69. The van der Waals surface area contributed by atoms with E-state index in [1.54, 1.807) is 0 Å². The molecule has 0 radical (unpaired) electrons. The Morgan fingerprint density at radius 3 is 2.88 bits per heavy atom. The molecule has 1 unspecified atom stereocenters. The van der Waals surface area contributed by atoms with Crippen LogP contribution in [0.5, 0.6) is 5.75 Å². The predicted molar refractivity (Wildman–Crippen MR) is 62.6 cm³/mol. The molecule has 5 heteroatoms. The van der Waals surface area contributed by atoms with Crippen molar-refractivity contribution in [1.29, 1.82) is 0 Å². The molecule has 17 heavy (non-hydrogen) atoms. The summed E-state index contributed by atoms with van der Waals surface area (Å²) in [4.78, 5) is 10.8. The standard InChI is InChI=1S/C12H17NO4/c1-3-7(4-2)10-6-13-11-8(16-10)5-9(17-11)12(14)15/h5,7,10,13H,3-4,6H2,1-2H3,(H,14,15). The SMILES string of the molecule is CCC(CC)C1CNc2oc(C(=O)O)cc2O1. The van der Waals surface area contributed by atoms with E-state index >= 15 is 0 Å². The van der Waals surface area contributed by atoms with Gasteiger partial charge < -0.3 is 19.6 Å². The van der Waals surface area contributed by atoms with Crippen molar-refractivity contribution in [3.05, 3.63) is 11.8 Å². The van der Waals surface area contributed by atoms with Crippen LogP contribution in [0.25, 0.3) is 0 Å². The molecule has 0 spiro atoms. The van der Waals surface area contributed by atoms with Crippen LogP contribution < -0.4 is 10.1 Å². The lowest BCUT2D eigenvalue weighted by Crippen LogP contribution is -2.36. The Balaban J connectivity index is 2.15. The Morgan fingerprint density at radius 1 is 1.59 bits per heavy atom. The van der Waals surface area contributed by atoms with Crippen LogP contribution in [0.4, 0.5) is 5.88 Å². The van der Waals surface area contributed by atoms with Crippen LogP contribution in [0.15, 0.2) is 10.5 Å². The Hall–Kier alpha value is -1.65. The maximum atomic E-state index is 10.8. The number of fused-ring (bicyclic) bond motifs is 1. The zero-order valence-electron chi connectivity index (χ0n) is 10.0. The lowest BCUT2D eigenvalue weighted by atomic mass is 9.96. The van der Waals surface area contributed by atoms with Gasteiger partial charge in [0, 0.05) is 6.07 Å². The van der Waals surface area contributed by atoms with E-state index in [2.05, 4.69) is 19.2 Å². The maximum absolute atomic E-state index is 10.8. The first kappa shape index (κ1) is 11.8. The number of nitrogens with one attached hydrogen (secondary N) is 1. The van der Waals surface area contributed by atoms with E-state index in [0.717, 1.165) is 12.8 Å². The molecule has 0 fully saturated rings. The third kappa shape index (κ3) is 2.23. The second-order valence-electron chi connectivity index (χ2n) is 4.22. The fourth-order valence-corrected chi connectivity index (χ4v) is 2.17. The summed E-state index contributed by atoms with van der Waals surface area (Å²) in [6.45, 7) is 4.92. The van der Waals surface area contributed by atoms with E-state index < -0.39 is 5.97 Å². The quantitative estimate of drug-likeness (QED) is 0.845. The summed E-state index contributed by atoms with van der Waals surface area (Å²) in [6, 6.07) is 1.43. The summed E-state index contributed by atoms with van der Waals surface area (Å²) in [5, 5.41) is 11.9. The number of ether oxygens (including phenoxy) is 1. The molecule has 0 aliphatic carbocycles. The van der Waals surface area contributed by atoms with Crippen molar-refractivity contribution in [2.24, 2.45) is 5.92 Å². The molecular formula is C12H17NO4. The first-order valence-electron chi connectivity index (χ1n) is 5.93. The largest absolute Gasteiger partial charge is 0.483 e. The molecule has 0 saturated heterocycles. The molecule has 1 aliphatic heterocycles. The number of carboxylic acid groups (broad SMARTS) is 1. The molecule has 2 heterocycles. The molecule has 2 rings (SSSR count). The molecule has 0 bridgehead atoms. The second-order valence-corrected chi connectivity index (χ2v) is 4.22. The number of furan rings is 1. The molecule has 1 atom stereocenters. The molecule has 0 amide bonds. The summed E-state index contributed by atoms with van der Waals surface area (Å²) in [6.07, 6.45) is 2.17. The van der Waals surface area contributed by atoms with E-state index in [0.29, 0.717) is 24.1 Å². The van der Waals surface area contributed by atoms with Gasteiger partial charge in [0.05, 0.1) is 6.54 Å². The predicted octanol–water partition coefficient (Wildman–Crippen LogP) is 2.59. The number of rotatable bonds is 4. The highest BCUT2D eigenvalue weighted by molar-refractivity contribution is 5.86. The van der Waals surface area contributed by atoms with Crippen LogP contribution in [0, 0.1) is 5.92 Å². The number of carbonyl (C=O) groups is 1. The van der Waals surface area contributed by atoms with Crippen LogP contribution in [0.2, 0.25) is 0 Å². The van der Waals surface area contributed by atoms with Crippen LogP contribution >= 0.6 is 0 Å². The minimum Gasteiger partial charge on any atom is -0.483 e. The van der Waals surface area contributed by atoms with Crippen molar-refractivity contribution in [2.75, 3.05) is 11.9 Å². The van der Waals surface area contributed by atoms with Crippen LogP contribution in [0.3, 0.4) is 0 Å². The fraction of sp³-hybridized carbons (Fsp3) is 0.583. The minimum absolute atomic E-state index is 0.0803. The average molecular weight is 239 g/mol. The number of hydrogen-bond acceptors (Lipinski definition) is 4. The maximum Gasteiger partial charge on any atom is 0.372 e. The van der Waals surface area contributed by atoms with E-state index in [4.69, 9.17) is 14.3 Å². The van der Waals surface area contributed by atoms with Gasteiger partial charge in [0.25, 0.3) is 0 Å². The number of hydrogen-bond donors (Lipinski definition) is 2. The third-order valence-corrected chi connectivity index (χ3v) is 3.23. The van der Waals surface area contributed by atoms with Gasteiger partial charge in [0.15, 0.2) is 5.75 Å². The summed E-state index contributed by atoms with van der Waals surface area (Å²) < 4.78 is 10.9. The fourth-order valence-electron chi connectivity index (χ4n) is 2.17. The summed E-state index contributed by atoms with van der Waals surface area (Å²) >= 11 is 0.